The van der Waals surface area contributed by atoms with Crippen molar-refractivity contribution in [2.45, 2.75) is 25.9 Å². The number of aryl methyl sites for hydroxylation is 1. The molecule has 0 amide bonds. The number of hydrogen-bond acceptors (Lipinski definition) is 4. The van der Waals surface area contributed by atoms with Crippen LogP contribution in [0.15, 0.2) is 18.2 Å². The van der Waals surface area contributed by atoms with Crippen LogP contribution in [-0.2, 0) is 4.74 Å². The highest BCUT2D eigenvalue weighted by atomic mass is 16.5. The minimum atomic E-state index is 0.102. The van der Waals surface area contributed by atoms with Crippen LogP contribution in [0.4, 0.5) is 11.4 Å². The first kappa shape index (κ1) is 13.2. The van der Waals surface area contributed by atoms with Crippen LogP contribution in [0.1, 0.15) is 18.4 Å². The number of benzene rings is 1. The number of nitrogens with zero attached hydrogens (tertiary/aromatic N) is 1. The quantitative estimate of drug-likeness (QED) is 0.796. The molecule has 18 heavy (non-hydrogen) atoms. The average Bonchev–Trinajstić information content (AvgIpc) is 2.37. The number of aliphatic hydroxyl groups excluding tert-OH is 1. The number of aliphatic hydroxyl groups is 1. The minimum absolute atomic E-state index is 0.102. The smallest absolute Gasteiger partial charge is 0.0701 e. The van der Waals surface area contributed by atoms with Crippen molar-refractivity contribution < 1.29 is 9.84 Å². The van der Waals surface area contributed by atoms with Gasteiger partial charge < -0.3 is 20.5 Å². The Morgan fingerprint density at radius 1 is 1.39 bits per heavy atom. The van der Waals surface area contributed by atoms with Crippen LogP contribution in [0.5, 0.6) is 0 Å². The second-order valence-corrected chi connectivity index (χ2v) is 4.79. The standard InChI is InChI=1S/C14H22N2O2/c1-11-3-2-4-13(15)14(11)16-7-5-12(6-8-16)18-10-9-17/h2-4,12,17H,5-10,15H2,1H3. The third-order valence-corrected chi connectivity index (χ3v) is 3.47. The zero-order chi connectivity index (χ0) is 13.0. The molecule has 1 aliphatic heterocycles. The molecule has 1 aromatic rings. The first-order valence-corrected chi connectivity index (χ1v) is 6.55. The molecule has 100 valence electrons. The Kier molecular flexibility index (Phi) is 4.44. The van der Waals surface area contributed by atoms with Gasteiger partial charge in [-0.1, -0.05) is 12.1 Å². The number of hydrogen-bond donors (Lipinski definition) is 2. The van der Waals surface area contributed by atoms with Crippen molar-refractivity contribution in [1.82, 2.24) is 0 Å². The number of anilines is 2. The molecule has 0 aromatic heterocycles. The van der Waals surface area contributed by atoms with Crippen molar-refractivity contribution >= 4 is 11.4 Å². The second kappa shape index (κ2) is 6.07. The van der Waals surface area contributed by atoms with Crippen molar-refractivity contribution in [3.8, 4) is 0 Å². The fourth-order valence-electron chi connectivity index (χ4n) is 2.58. The molecule has 2 rings (SSSR count). The SMILES string of the molecule is Cc1cccc(N)c1N1CCC(OCCO)CC1. The summed E-state index contributed by atoms with van der Waals surface area (Å²) in [6.07, 6.45) is 2.26. The molecule has 0 spiro atoms. The van der Waals surface area contributed by atoms with Crippen LogP contribution in [-0.4, -0.2) is 37.5 Å². The number of ether oxygens (including phenoxy) is 1. The maximum absolute atomic E-state index is 8.75. The van der Waals surface area contributed by atoms with Gasteiger partial charge in [-0.05, 0) is 31.4 Å². The van der Waals surface area contributed by atoms with Gasteiger partial charge in [0, 0.05) is 13.1 Å². The third-order valence-electron chi connectivity index (χ3n) is 3.47. The molecular formula is C14H22N2O2. The molecule has 0 radical (unpaired) electrons. The molecule has 1 heterocycles. The van der Waals surface area contributed by atoms with Crippen LogP contribution in [0.2, 0.25) is 0 Å². The van der Waals surface area contributed by atoms with E-state index in [1.54, 1.807) is 0 Å². The molecule has 0 saturated carbocycles. The normalized spacial score (nSPS) is 17.1. The summed E-state index contributed by atoms with van der Waals surface area (Å²) < 4.78 is 5.57. The maximum atomic E-state index is 8.75. The van der Waals surface area contributed by atoms with E-state index in [1.165, 1.54) is 5.56 Å². The van der Waals surface area contributed by atoms with Gasteiger partial charge >= 0.3 is 0 Å². The van der Waals surface area contributed by atoms with Crippen LogP contribution < -0.4 is 10.6 Å². The molecule has 4 heteroatoms. The summed E-state index contributed by atoms with van der Waals surface area (Å²) in [5, 5.41) is 8.75. The number of nitrogen functional groups attached to an aromatic ring is 1. The lowest BCUT2D eigenvalue weighted by molar-refractivity contribution is 0.0159. The Hall–Kier alpha value is -1.26. The fourth-order valence-corrected chi connectivity index (χ4v) is 2.58. The van der Waals surface area contributed by atoms with Crippen molar-refractivity contribution in [2.75, 3.05) is 36.9 Å². The van der Waals surface area contributed by atoms with E-state index in [9.17, 15) is 0 Å². The summed E-state index contributed by atoms with van der Waals surface area (Å²) >= 11 is 0. The fraction of sp³-hybridized carbons (Fsp3) is 0.571. The second-order valence-electron chi connectivity index (χ2n) is 4.79. The van der Waals surface area contributed by atoms with Gasteiger partial charge in [-0.25, -0.2) is 0 Å². The Bertz CT molecular complexity index is 367. The molecule has 1 aromatic carbocycles. The van der Waals surface area contributed by atoms with Crippen molar-refractivity contribution in [1.29, 1.82) is 0 Å². The number of rotatable bonds is 4. The Morgan fingerprint density at radius 2 is 2.11 bits per heavy atom. The molecule has 3 N–H and O–H groups in total. The number of para-hydroxylation sites is 1. The van der Waals surface area contributed by atoms with E-state index >= 15 is 0 Å². The van der Waals surface area contributed by atoms with Crippen molar-refractivity contribution in [3.63, 3.8) is 0 Å². The van der Waals surface area contributed by atoms with Crippen LogP contribution in [0.25, 0.3) is 0 Å². The highest BCUT2D eigenvalue weighted by Gasteiger charge is 2.21. The van der Waals surface area contributed by atoms with E-state index in [1.807, 2.05) is 12.1 Å². The number of nitrogens with two attached hydrogens (primary N) is 1. The maximum Gasteiger partial charge on any atom is 0.0701 e. The van der Waals surface area contributed by atoms with Gasteiger partial charge in [0.05, 0.1) is 30.7 Å². The van der Waals surface area contributed by atoms with Crippen LogP contribution >= 0.6 is 0 Å². The van der Waals surface area contributed by atoms with E-state index in [0.717, 1.165) is 37.3 Å². The van der Waals surface area contributed by atoms with E-state index in [0.29, 0.717) is 6.61 Å². The highest BCUT2D eigenvalue weighted by molar-refractivity contribution is 5.71. The Balaban J connectivity index is 1.97. The topological polar surface area (TPSA) is 58.7 Å². The molecule has 0 bridgehead atoms. The van der Waals surface area contributed by atoms with Gasteiger partial charge in [-0.15, -0.1) is 0 Å². The summed E-state index contributed by atoms with van der Waals surface area (Å²) in [5.74, 6) is 0. The summed E-state index contributed by atoms with van der Waals surface area (Å²) in [6.45, 7) is 4.57. The van der Waals surface area contributed by atoms with Crippen molar-refractivity contribution in [3.05, 3.63) is 23.8 Å². The van der Waals surface area contributed by atoms with Gasteiger partial charge in [0.2, 0.25) is 0 Å². The molecule has 1 saturated heterocycles. The van der Waals surface area contributed by atoms with E-state index in [2.05, 4.69) is 17.9 Å². The Morgan fingerprint density at radius 3 is 2.72 bits per heavy atom. The van der Waals surface area contributed by atoms with Gasteiger partial charge in [-0.3, -0.25) is 0 Å². The van der Waals surface area contributed by atoms with Gasteiger partial charge in [0.1, 0.15) is 0 Å². The van der Waals surface area contributed by atoms with E-state index in [4.69, 9.17) is 15.6 Å². The zero-order valence-corrected chi connectivity index (χ0v) is 10.9. The molecule has 1 fully saturated rings. The predicted molar refractivity (Wildman–Crippen MR) is 73.9 cm³/mol. The molecule has 0 unspecified atom stereocenters. The first-order valence-electron chi connectivity index (χ1n) is 6.55. The molecule has 0 aliphatic carbocycles. The largest absolute Gasteiger partial charge is 0.397 e. The lowest BCUT2D eigenvalue weighted by atomic mass is 10.0. The van der Waals surface area contributed by atoms with Gasteiger partial charge in [0.15, 0.2) is 0 Å². The predicted octanol–water partition coefficient (Wildman–Crippen LogP) is 1.55. The highest BCUT2D eigenvalue weighted by Crippen LogP contribution is 2.30. The summed E-state index contributed by atoms with van der Waals surface area (Å²) in [4.78, 5) is 2.34. The molecule has 4 nitrogen and oxygen atoms in total. The summed E-state index contributed by atoms with van der Waals surface area (Å²) in [6, 6.07) is 6.04. The Labute approximate surface area is 108 Å². The first-order chi connectivity index (χ1) is 8.72. The van der Waals surface area contributed by atoms with E-state index < -0.39 is 0 Å². The monoisotopic (exact) mass is 250 g/mol. The summed E-state index contributed by atoms with van der Waals surface area (Å²) in [5.41, 5.74) is 9.30. The number of piperidine rings is 1. The molecular weight excluding hydrogens is 228 g/mol. The lowest BCUT2D eigenvalue weighted by Gasteiger charge is -2.35. The van der Waals surface area contributed by atoms with Crippen molar-refractivity contribution in [2.24, 2.45) is 0 Å². The zero-order valence-electron chi connectivity index (χ0n) is 10.9. The summed E-state index contributed by atoms with van der Waals surface area (Å²) in [7, 11) is 0. The van der Waals surface area contributed by atoms with Crippen LogP contribution in [0, 0.1) is 6.92 Å². The molecule has 1 aliphatic rings. The lowest BCUT2D eigenvalue weighted by Crippen LogP contribution is -2.38. The molecule has 0 atom stereocenters. The third kappa shape index (κ3) is 2.94. The average molecular weight is 250 g/mol. The van der Waals surface area contributed by atoms with Gasteiger partial charge in [-0.2, -0.15) is 0 Å². The van der Waals surface area contributed by atoms with E-state index in [-0.39, 0.29) is 12.7 Å². The van der Waals surface area contributed by atoms with Crippen LogP contribution in [0.3, 0.4) is 0 Å². The van der Waals surface area contributed by atoms with Gasteiger partial charge in [0.25, 0.3) is 0 Å². The minimum Gasteiger partial charge on any atom is -0.397 e.